The van der Waals surface area contributed by atoms with Gasteiger partial charge >= 0.3 is 0 Å². The Morgan fingerprint density at radius 3 is 2.80 bits per heavy atom. The number of aromatic nitrogens is 3. The lowest BCUT2D eigenvalue weighted by Crippen LogP contribution is -2.10. The van der Waals surface area contributed by atoms with Gasteiger partial charge in [-0.05, 0) is 12.8 Å². The number of carbonyl (C=O) groups is 1. The molecule has 0 saturated heterocycles. The summed E-state index contributed by atoms with van der Waals surface area (Å²) in [6, 6.07) is 2.06. The Hall–Kier alpha value is -2.00. The summed E-state index contributed by atoms with van der Waals surface area (Å²) in [6.45, 7) is 6.71. The summed E-state index contributed by atoms with van der Waals surface area (Å²) >= 11 is 1.36. The van der Waals surface area contributed by atoms with Crippen LogP contribution in [-0.2, 0) is 6.54 Å². The van der Waals surface area contributed by atoms with Crippen LogP contribution in [0, 0.1) is 11.3 Å². The lowest BCUT2D eigenvalue weighted by Gasteiger charge is -2.03. The fourth-order valence-corrected chi connectivity index (χ4v) is 2.78. The number of carbonyl (C=O) groups excluding carboxylic acids is 1. The normalized spacial score (nSPS) is 12.3. The summed E-state index contributed by atoms with van der Waals surface area (Å²) in [7, 11) is 0. The molecular weight excluding hydrogens is 272 g/mol. The first kappa shape index (κ1) is 14.4. The first-order valence-corrected chi connectivity index (χ1v) is 7.36. The lowest BCUT2D eigenvalue weighted by atomic mass is 10.0. The van der Waals surface area contributed by atoms with Crippen molar-refractivity contribution >= 4 is 17.1 Å². The summed E-state index contributed by atoms with van der Waals surface area (Å²) < 4.78 is 1.67. The van der Waals surface area contributed by atoms with Gasteiger partial charge in [0.1, 0.15) is 5.01 Å². The molecule has 104 valence electrons. The van der Waals surface area contributed by atoms with E-state index < -0.39 is 5.92 Å². The van der Waals surface area contributed by atoms with Crippen LogP contribution in [0.5, 0.6) is 0 Å². The van der Waals surface area contributed by atoms with Crippen molar-refractivity contribution in [2.24, 2.45) is 0 Å². The lowest BCUT2D eigenvalue weighted by molar-refractivity contribution is 0.0978. The van der Waals surface area contributed by atoms with Crippen molar-refractivity contribution in [1.82, 2.24) is 14.8 Å². The molecule has 0 saturated carbocycles. The number of Topliss-reactive ketones (excluding diaryl/α,β-unsaturated/α-hetero) is 1. The quantitative estimate of drug-likeness (QED) is 0.793. The molecule has 0 aliphatic heterocycles. The van der Waals surface area contributed by atoms with E-state index in [0.29, 0.717) is 17.1 Å². The van der Waals surface area contributed by atoms with Crippen LogP contribution in [0.1, 0.15) is 53.7 Å². The van der Waals surface area contributed by atoms with E-state index in [4.69, 9.17) is 0 Å². The second-order valence-corrected chi connectivity index (χ2v) is 5.67. The van der Waals surface area contributed by atoms with E-state index in [2.05, 4.69) is 16.2 Å². The van der Waals surface area contributed by atoms with Crippen molar-refractivity contribution in [3.63, 3.8) is 0 Å². The number of nitrogens with zero attached hydrogens (tertiary/aromatic N) is 4. The first-order valence-electron chi connectivity index (χ1n) is 6.48. The molecule has 5 nitrogen and oxygen atoms in total. The van der Waals surface area contributed by atoms with Crippen LogP contribution in [0.2, 0.25) is 0 Å². The molecule has 0 amide bonds. The predicted molar refractivity (Wildman–Crippen MR) is 76.8 cm³/mol. The van der Waals surface area contributed by atoms with E-state index in [0.717, 1.165) is 5.69 Å². The minimum Gasteiger partial charge on any atom is -0.292 e. The van der Waals surface area contributed by atoms with Gasteiger partial charge in [0.15, 0.2) is 11.7 Å². The number of thiazole rings is 1. The molecular formula is C14H16N4OS. The summed E-state index contributed by atoms with van der Waals surface area (Å²) in [5, 5.41) is 15.8. The van der Waals surface area contributed by atoms with E-state index >= 15 is 0 Å². The third-order valence-electron chi connectivity index (χ3n) is 3.01. The van der Waals surface area contributed by atoms with Crippen molar-refractivity contribution < 1.29 is 4.79 Å². The molecule has 2 heterocycles. The second kappa shape index (κ2) is 5.97. The number of nitriles is 1. The van der Waals surface area contributed by atoms with Crippen LogP contribution in [-0.4, -0.2) is 20.5 Å². The monoisotopic (exact) mass is 288 g/mol. The highest BCUT2D eigenvalue weighted by Crippen LogP contribution is 2.26. The number of rotatable bonds is 5. The van der Waals surface area contributed by atoms with E-state index in [1.54, 1.807) is 10.9 Å². The zero-order valence-corrected chi connectivity index (χ0v) is 12.5. The van der Waals surface area contributed by atoms with Crippen molar-refractivity contribution in [2.75, 3.05) is 0 Å². The van der Waals surface area contributed by atoms with Gasteiger partial charge in [-0.15, -0.1) is 11.3 Å². The second-order valence-electron chi connectivity index (χ2n) is 4.78. The summed E-state index contributed by atoms with van der Waals surface area (Å²) in [5.41, 5.74) is 1.38. The molecule has 2 aromatic heterocycles. The molecule has 2 aromatic rings. The molecule has 0 N–H and O–H groups in total. The van der Waals surface area contributed by atoms with Crippen molar-refractivity contribution in [3.05, 3.63) is 34.0 Å². The van der Waals surface area contributed by atoms with Gasteiger partial charge in [-0.3, -0.25) is 9.48 Å². The number of ketones is 1. The van der Waals surface area contributed by atoms with Crippen LogP contribution in [0.3, 0.4) is 0 Å². The van der Waals surface area contributed by atoms with Gasteiger partial charge in [0.25, 0.3) is 0 Å². The van der Waals surface area contributed by atoms with Gasteiger partial charge in [-0.1, -0.05) is 13.8 Å². The number of hydrogen-bond acceptors (Lipinski definition) is 5. The van der Waals surface area contributed by atoms with Crippen LogP contribution in [0.25, 0.3) is 0 Å². The molecule has 1 atom stereocenters. The molecule has 6 heteroatoms. The maximum absolute atomic E-state index is 12.4. The Bertz CT molecular complexity index is 650. The molecule has 20 heavy (non-hydrogen) atoms. The predicted octanol–water partition coefficient (Wildman–Crippen LogP) is 2.97. The highest BCUT2D eigenvalue weighted by Gasteiger charge is 2.26. The molecule has 0 radical (unpaired) electrons. The summed E-state index contributed by atoms with van der Waals surface area (Å²) in [5.74, 6) is -0.795. The number of aryl methyl sites for hydroxylation is 1. The maximum Gasteiger partial charge on any atom is 0.190 e. The highest BCUT2D eigenvalue weighted by molar-refractivity contribution is 7.10. The Morgan fingerprint density at radius 2 is 2.30 bits per heavy atom. The Balaban J connectivity index is 2.27. The smallest absolute Gasteiger partial charge is 0.190 e. The molecule has 0 aliphatic rings. The van der Waals surface area contributed by atoms with Gasteiger partial charge in [0, 0.05) is 18.1 Å². The Kier molecular flexibility index (Phi) is 4.30. The fraction of sp³-hybridized carbons (Fsp3) is 0.429. The Labute approximate surface area is 121 Å². The standard InChI is InChI=1S/C14H16N4OS/c1-4-18-7-10(6-16-18)13(19)11(5-15)14-17-12(8-20-14)9(2)3/h6-9,11H,4H2,1-3H3. The van der Waals surface area contributed by atoms with Crippen LogP contribution in [0.15, 0.2) is 17.8 Å². The van der Waals surface area contributed by atoms with Gasteiger partial charge in [-0.2, -0.15) is 10.4 Å². The highest BCUT2D eigenvalue weighted by atomic mass is 32.1. The summed E-state index contributed by atoms with van der Waals surface area (Å²) in [6.07, 6.45) is 3.18. The summed E-state index contributed by atoms with van der Waals surface area (Å²) in [4.78, 5) is 16.8. The van der Waals surface area contributed by atoms with Gasteiger partial charge in [-0.25, -0.2) is 4.98 Å². The molecule has 0 fully saturated rings. The van der Waals surface area contributed by atoms with Crippen molar-refractivity contribution in [3.8, 4) is 6.07 Å². The van der Waals surface area contributed by atoms with Gasteiger partial charge in [0.05, 0.1) is 23.5 Å². The molecule has 0 aromatic carbocycles. The largest absolute Gasteiger partial charge is 0.292 e. The molecule has 0 aliphatic carbocycles. The average molecular weight is 288 g/mol. The molecule has 2 rings (SSSR count). The van der Waals surface area contributed by atoms with Crippen molar-refractivity contribution in [2.45, 2.75) is 39.2 Å². The van der Waals surface area contributed by atoms with Gasteiger partial charge in [0.2, 0.25) is 0 Å². The SMILES string of the molecule is CCn1cc(C(=O)C(C#N)c2nc(C(C)C)cs2)cn1. The van der Waals surface area contributed by atoms with E-state index in [-0.39, 0.29) is 11.7 Å². The topological polar surface area (TPSA) is 71.6 Å². The molecule has 0 spiro atoms. The van der Waals surface area contributed by atoms with Crippen LogP contribution in [0.4, 0.5) is 0 Å². The van der Waals surface area contributed by atoms with Crippen LogP contribution >= 0.6 is 11.3 Å². The zero-order valence-electron chi connectivity index (χ0n) is 11.7. The van der Waals surface area contributed by atoms with Gasteiger partial charge < -0.3 is 0 Å². The first-order chi connectivity index (χ1) is 9.56. The van der Waals surface area contributed by atoms with E-state index in [1.807, 2.05) is 26.2 Å². The fourth-order valence-electron chi connectivity index (χ4n) is 1.75. The maximum atomic E-state index is 12.4. The Morgan fingerprint density at radius 1 is 1.55 bits per heavy atom. The molecule has 1 unspecified atom stereocenters. The minimum absolute atomic E-state index is 0.239. The van der Waals surface area contributed by atoms with E-state index in [1.165, 1.54) is 17.5 Å². The number of hydrogen-bond donors (Lipinski definition) is 0. The van der Waals surface area contributed by atoms with Crippen LogP contribution < -0.4 is 0 Å². The average Bonchev–Trinajstić information content (AvgIpc) is 3.08. The molecule has 0 bridgehead atoms. The van der Waals surface area contributed by atoms with E-state index in [9.17, 15) is 10.1 Å². The third kappa shape index (κ3) is 2.78. The van der Waals surface area contributed by atoms with Crippen molar-refractivity contribution in [1.29, 1.82) is 5.26 Å². The third-order valence-corrected chi connectivity index (χ3v) is 3.94. The minimum atomic E-state index is -0.845. The zero-order chi connectivity index (χ0) is 14.7.